The summed E-state index contributed by atoms with van der Waals surface area (Å²) in [5.41, 5.74) is 17.1. The maximum absolute atomic E-state index is 5.49. The SMILES string of the molecule is Nc1cc(N)[siH]c(N)c1. The quantitative estimate of drug-likeness (QED) is 0.424. The minimum atomic E-state index is -0.0427. The van der Waals surface area contributed by atoms with E-state index in [9.17, 15) is 0 Å². The molecular formula is C5H9N3Si. The van der Waals surface area contributed by atoms with Gasteiger partial charge >= 0.3 is 0 Å². The molecule has 0 saturated heterocycles. The van der Waals surface area contributed by atoms with Gasteiger partial charge in [0.25, 0.3) is 0 Å². The maximum atomic E-state index is 5.49. The molecule has 3 nitrogen and oxygen atoms in total. The van der Waals surface area contributed by atoms with Crippen LogP contribution in [0.1, 0.15) is 0 Å². The Labute approximate surface area is 55.6 Å². The van der Waals surface area contributed by atoms with Crippen LogP contribution in [0.5, 0.6) is 0 Å². The van der Waals surface area contributed by atoms with Crippen molar-refractivity contribution in [3.05, 3.63) is 12.1 Å². The van der Waals surface area contributed by atoms with Gasteiger partial charge in [0, 0.05) is 16.3 Å². The second-order valence-electron chi connectivity index (χ2n) is 1.93. The average molecular weight is 139 g/mol. The van der Waals surface area contributed by atoms with Gasteiger partial charge in [0.05, 0.1) is 9.12 Å². The number of nitrogens with two attached hydrogens (primary N) is 3. The molecule has 0 atom stereocenters. The lowest BCUT2D eigenvalue weighted by Gasteiger charge is -1.97. The molecule has 0 aliphatic carbocycles. The summed E-state index contributed by atoms with van der Waals surface area (Å²) in [5.74, 6) is 0. The van der Waals surface area contributed by atoms with Crippen LogP contribution in [-0.4, -0.2) is 9.12 Å². The van der Waals surface area contributed by atoms with E-state index in [2.05, 4.69) is 0 Å². The molecule has 0 radical (unpaired) electrons. The number of rotatable bonds is 0. The molecule has 0 bridgehead atoms. The highest BCUT2D eigenvalue weighted by Crippen LogP contribution is 2.08. The number of hydrogen-bond acceptors (Lipinski definition) is 3. The molecule has 1 rings (SSSR count). The zero-order valence-electron chi connectivity index (χ0n) is 4.96. The van der Waals surface area contributed by atoms with Crippen molar-refractivity contribution in [2.24, 2.45) is 0 Å². The molecule has 48 valence electrons. The standard InChI is InChI=1S/C5H9N3Si/c6-3-1-4(7)9-5(8)2-3/h1-2,9H,6-8H2. The Kier molecular flexibility index (Phi) is 1.40. The van der Waals surface area contributed by atoms with Gasteiger partial charge in [0.15, 0.2) is 0 Å². The van der Waals surface area contributed by atoms with Crippen molar-refractivity contribution in [1.82, 2.24) is 0 Å². The van der Waals surface area contributed by atoms with Gasteiger partial charge in [-0.25, -0.2) is 0 Å². The minimum absolute atomic E-state index is 0.0427. The van der Waals surface area contributed by atoms with Crippen LogP contribution in [-0.2, 0) is 0 Å². The molecule has 1 aromatic rings. The van der Waals surface area contributed by atoms with Gasteiger partial charge in [-0.15, -0.1) is 0 Å². The van der Waals surface area contributed by atoms with Crippen molar-refractivity contribution in [3.8, 4) is 0 Å². The van der Waals surface area contributed by atoms with E-state index in [-0.39, 0.29) is 9.12 Å². The van der Waals surface area contributed by atoms with E-state index < -0.39 is 0 Å². The van der Waals surface area contributed by atoms with Gasteiger partial charge in [-0.1, -0.05) is 0 Å². The summed E-state index contributed by atoms with van der Waals surface area (Å²) in [7, 11) is -0.0427. The molecule has 6 N–H and O–H groups in total. The van der Waals surface area contributed by atoms with E-state index in [1.165, 1.54) is 0 Å². The van der Waals surface area contributed by atoms with E-state index in [0.29, 0.717) is 5.69 Å². The third kappa shape index (κ3) is 1.43. The van der Waals surface area contributed by atoms with Crippen LogP contribution in [0.25, 0.3) is 0 Å². The molecule has 0 aromatic carbocycles. The molecule has 9 heavy (non-hydrogen) atoms. The summed E-state index contributed by atoms with van der Waals surface area (Å²) in [6, 6.07) is 3.51. The lowest BCUT2D eigenvalue weighted by molar-refractivity contribution is 1.75. The van der Waals surface area contributed by atoms with Gasteiger partial charge in [0.2, 0.25) is 0 Å². The molecule has 0 saturated carbocycles. The summed E-state index contributed by atoms with van der Waals surface area (Å²) >= 11 is 0. The van der Waals surface area contributed by atoms with E-state index >= 15 is 0 Å². The normalized spacial score (nSPS) is 9.33. The van der Waals surface area contributed by atoms with Crippen LogP contribution >= 0.6 is 0 Å². The van der Waals surface area contributed by atoms with Crippen molar-refractivity contribution in [2.45, 2.75) is 0 Å². The first-order valence-corrected chi connectivity index (χ1v) is 3.75. The monoisotopic (exact) mass is 139 g/mol. The molecule has 0 aliphatic heterocycles. The first kappa shape index (κ1) is 6.09. The molecule has 0 amide bonds. The Morgan fingerprint density at radius 3 is 1.78 bits per heavy atom. The fourth-order valence-corrected chi connectivity index (χ4v) is 1.64. The predicted molar refractivity (Wildman–Crippen MR) is 42.4 cm³/mol. The van der Waals surface area contributed by atoms with Crippen LogP contribution in [0, 0.1) is 0 Å². The second-order valence-corrected chi connectivity index (χ2v) is 3.56. The van der Waals surface area contributed by atoms with E-state index in [1.807, 2.05) is 0 Å². The lowest BCUT2D eigenvalue weighted by Crippen LogP contribution is -1.98. The average Bonchev–Trinajstić information content (AvgIpc) is 1.59. The smallest absolute Gasteiger partial charge is 0.0795 e. The first-order chi connectivity index (χ1) is 4.18. The highest BCUT2D eigenvalue weighted by atomic mass is 28.2. The molecule has 1 heterocycles. The van der Waals surface area contributed by atoms with E-state index in [4.69, 9.17) is 17.2 Å². The number of nitrogen functional groups attached to an aromatic ring is 3. The highest BCUT2D eigenvalue weighted by Gasteiger charge is 1.89. The Balaban J connectivity index is 3.17. The topological polar surface area (TPSA) is 78.1 Å². The van der Waals surface area contributed by atoms with Gasteiger partial charge in [-0.05, 0) is 12.1 Å². The number of hydrogen-bond donors (Lipinski definition) is 3. The fourth-order valence-electron chi connectivity index (χ4n) is 0.702. The summed E-state index contributed by atoms with van der Waals surface area (Å²) in [4.78, 5) is 0. The Morgan fingerprint density at radius 2 is 1.44 bits per heavy atom. The summed E-state index contributed by atoms with van der Waals surface area (Å²) in [6.45, 7) is 0. The zero-order chi connectivity index (χ0) is 6.85. The third-order valence-electron chi connectivity index (χ3n) is 1.00. The molecule has 1 aromatic heterocycles. The van der Waals surface area contributed by atoms with E-state index in [0.717, 1.165) is 10.6 Å². The molecule has 0 fully saturated rings. The molecule has 4 heteroatoms. The van der Waals surface area contributed by atoms with Crippen LogP contribution in [0.3, 0.4) is 0 Å². The fraction of sp³-hybridized carbons (Fsp3) is 0. The Hall–Kier alpha value is -1.03. The molecule has 0 spiro atoms. The van der Waals surface area contributed by atoms with Crippen molar-refractivity contribution in [3.63, 3.8) is 0 Å². The van der Waals surface area contributed by atoms with Crippen LogP contribution in [0.15, 0.2) is 12.1 Å². The lowest BCUT2D eigenvalue weighted by atomic mass is 10.4. The maximum Gasteiger partial charge on any atom is 0.0795 e. The van der Waals surface area contributed by atoms with Gasteiger partial charge in [-0.3, -0.25) is 0 Å². The zero-order valence-corrected chi connectivity index (χ0v) is 6.12. The predicted octanol–water partition coefficient (Wildman–Crippen LogP) is -0.496. The van der Waals surface area contributed by atoms with Crippen molar-refractivity contribution >= 4 is 25.4 Å². The summed E-state index contributed by atoms with van der Waals surface area (Å²) in [6.07, 6.45) is 0. The van der Waals surface area contributed by atoms with E-state index in [1.54, 1.807) is 12.1 Å². The Morgan fingerprint density at radius 1 is 1.00 bits per heavy atom. The minimum Gasteiger partial charge on any atom is -0.403 e. The molecule has 0 aliphatic rings. The van der Waals surface area contributed by atoms with Crippen LogP contribution in [0.2, 0.25) is 0 Å². The molecular weight excluding hydrogens is 130 g/mol. The van der Waals surface area contributed by atoms with Crippen LogP contribution in [0.4, 0.5) is 16.3 Å². The van der Waals surface area contributed by atoms with Crippen molar-refractivity contribution in [1.29, 1.82) is 0 Å². The summed E-state index contributed by atoms with van der Waals surface area (Å²) < 4.78 is 0. The van der Waals surface area contributed by atoms with Gasteiger partial charge in [0.1, 0.15) is 0 Å². The summed E-state index contributed by atoms with van der Waals surface area (Å²) in [5, 5.41) is 1.63. The second kappa shape index (κ2) is 2.06. The first-order valence-electron chi connectivity index (χ1n) is 2.60. The highest BCUT2D eigenvalue weighted by molar-refractivity contribution is 6.47. The van der Waals surface area contributed by atoms with Gasteiger partial charge < -0.3 is 17.2 Å². The van der Waals surface area contributed by atoms with Crippen LogP contribution < -0.4 is 17.2 Å². The largest absolute Gasteiger partial charge is 0.403 e. The number of anilines is 3. The van der Waals surface area contributed by atoms with Crippen molar-refractivity contribution < 1.29 is 0 Å². The third-order valence-corrected chi connectivity index (χ3v) is 2.00. The van der Waals surface area contributed by atoms with Gasteiger partial charge in [-0.2, -0.15) is 0 Å². The Bertz CT molecular complexity index is 173. The molecule has 0 unspecified atom stereocenters. The van der Waals surface area contributed by atoms with Crippen molar-refractivity contribution in [2.75, 3.05) is 17.2 Å².